The molecule has 0 unspecified atom stereocenters. The van der Waals surface area contributed by atoms with Crippen molar-refractivity contribution in [2.45, 2.75) is 39.8 Å². The fourth-order valence-electron chi connectivity index (χ4n) is 1.87. The van der Waals surface area contributed by atoms with Gasteiger partial charge in [-0.25, -0.2) is 0 Å². The Bertz CT molecular complexity index is 366. The van der Waals surface area contributed by atoms with Gasteiger partial charge in [-0.15, -0.1) is 0 Å². The summed E-state index contributed by atoms with van der Waals surface area (Å²) in [5.74, 6) is -0.147. The quantitative estimate of drug-likeness (QED) is 0.844. The van der Waals surface area contributed by atoms with E-state index in [0.29, 0.717) is 5.56 Å². The maximum Gasteiger partial charge on any atom is 0.251 e. The molecular formula is C14H21NO2. The molecule has 0 fully saturated rings. The first-order chi connectivity index (χ1) is 7.82. The number of rotatable bonds is 3. The summed E-state index contributed by atoms with van der Waals surface area (Å²) in [5.41, 5.74) is 0.431. The first-order valence-electron chi connectivity index (χ1n) is 5.86. The summed E-state index contributed by atoms with van der Waals surface area (Å²) < 4.78 is 0. The smallest absolute Gasteiger partial charge is 0.251 e. The van der Waals surface area contributed by atoms with E-state index in [1.165, 1.54) is 0 Å². The van der Waals surface area contributed by atoms with Gasteiger partial charge >= 0.3 is 0 Å². The van der Waals surface area contributed by atoms with Gasteiger partial charge in [-0.3, -0.25) is 4.79 Å². The zero-order valence-corrected chi connectivity index (χ0v) is 10.9. The Morgan fingerprint density at radius 3 is 2.18 bits per heavy atom. The van der Waals surface area contributed by atoms with Crippen LogP contribution in [0.3, 0.4) is 0 Å². The van der Waals surface area contributed by atoms with Crippen molar-refractivity contribution in [3.8, 4) is 0 Å². The van der Waals surface area contributed by atoms with Crippen LogP contribution in [-0.4, -0.2) is 23.2 Å². The molecule has 0 aliphatic heterocycles. The molecule has 0 radical (unpaired) electrons. The van der Waals surface area contributed by atoms with E-state index in [2.05, 4.69) is 5.32 Å². The Hall–Kier alpha value is -1.35. The van der Waals surface area contributed by atoms with E-state index in [9.17, 15) is 9.90 Å². The lowest BCUT2D eigenvalue weighted by Crippen LogP contribution is -2.50. The number of aliphatic hydroxyl groups excluding tert-OH is 1. The second-order valence-corrected chi connectivity index (χ2v) is 5.42. The molecule has 0 aromatic heterocycles. The predicted octanol–water partition coefficient (Wildman–Crippen LogP) is 2.21. The Balaban J connectivity index is 2.79. The maximum absolute atomic E-state index is 12.0. The van der Waals surface area contributed by atoms with Crippen LogP contribution in [-0.2, 0) is 0 Å². The van der Waals surface area contributed by atoms with E-state index >= 15 is 0 Å². The summed E-state index contributed by atoms with van der Waals surface area (Å²) in [6, 6.07) is 8.77. The zero-order chi connectivity index (χ0) is 13.1. The van der Waals surface area contributed by atoms with Crippen LogP contribution in [0, 0.1) is 5.41 Å². The summed E-state index contributed by atoms with van der Waals surface area (Å²) >= 11 is 0. The van der Waals surface area contributed by atoms with Crippen molar-refractivity contribution in [2.24, 2.45) is 5.41 Å². The first kappa shape index (κ1) is 13.7. The van der Waals surface area contributed by atoms with E-state index in [1.54, 1.807) is 19.1 Å². The molecule has 0 aliphatic carbocycles. The van der Waals surface area contributed by atoms with Crippen molar-refractivity contribution >= 4 is 5.91 Å². The SMILES string of the molecule is C[C@H](O)[C@@H](NC(=O)c1ccccc1)C(C)(C)C. The van der Waals surface area contributed by atoms with Crippen molar-refractivity contribution < 1.29 is 9.90 Å². The van der Waals surface area contributed by atoms with E-state index in [4.69, 9.17) is 0 Å². The van der Waals surface area contributed by atoms with Gasteiger partial charge in [0.2, 0.25) is 0 Å². The normalized spacial score (nSPS) is 15.1. The highest BCUT2D eigenvalue weighted by atomic mass is 16.3. The molecule has 1 amide bonds. The van der Waals surface area contributed by atoms with Gasteiger partial charge in [0, 0.05) is 5.56 Å². The fourth-order valence-corrected chi connectivity index (χ4v) is 1.87. The standard InChI is InChI=1S/C14H21NO2/c1-10(16)12(14(2,3)4)15-13(17)11-8-6-5-7-9-11/h5-10,12,16H,1-4H3,(H,15,17)/t10-,12+/m0/s1. The minimum Gasteiger partial charge on any atom is -0.391 e. The maximum atomic E-state index is 12.0. The fraction of sp³-hybridized carbons (Fsp3) is 0.500. The van der Waals surface area contributed by atoms with Gasteiger partial charge in [0.25, 0.3) is 5.91 Å². The topological polar surface area (TPSA) is 49.3 Å². The van der Waals surface area contributed by atoms with Gasteiger partial charge in [-0.1, -0.05) is 39.0 Å². The van der Waals surface area contributed by atoms with Crippen LogP contribution in [0.25, 0.3) is 0 Å². The van der Waals surface area contributed by atoms with Crippen LogP contribution in [0.15, 0.2) is 30.3 Å². The van der Waals surface area contributed by atoms with Crippen LogP contribution >= 0.6 is 0 Å². The lowest BCUT2D eigenvalue weighted by molar-refractivity contribution is 0.0659. The minimum absolute atomic E-state index is 0.147. The Morgan fingerprint density at radius 1 is 1.24 bits per heavy atom. The summed E-state index contributed by atoms with van der Waals surface area (Å²) in [6.07, 6.45) is -0.581. The second kappa shape index (κ2) is 5.32. The zero-order valence-electron chi connectivity index (χ0n) is 10.9. The summed E-state index contributed by atoms with van der Waals surface area (Å²) in [7, 11) is 0. The number of carbonyl (C=O) groups excluding carboxylic acids is 1. The van der Waals surface area contributed by atoms with Gasteiger partial charge < -0.3 is 10.4 Å². The van der Waals surface area contributed by atoms with Crippen LogP contribution in [0.5, 0.6) is 0 Å². The van der Waals surface area contributed by atoms with E-state index in [1.807, 2.05) is 39.0 Å². The molecule has 1 rings (SSSR count). The Labute approximate surface area is 103 Å². The molecule has 2 atom stereocenters. The third-order valence-electron chi connectivity index (χ3n) is 2.74. The average molecular weight is 235 g/mol. The summed E-state index contributed by atoms with van der Waals surface area (Å²) in [4.78, 5) is 12.0. The molecule has 94 valence electrons. The van der Waals surface area contributed by atoms with E-state index in [0.717, 1.165) is 0 Å². The number of carbonyl (C=O) groups is 1. The van der Waals surface area contributed by atoms with Crippen LogP contribution < -0.4 is 5.32 Å². The van der Waals surface area contributed by atoms with Crippen LogP contribution in [0.2, 0.25) is 0 Å². The second-order valence-electron chi connectivity index (χ2n) is 5.42. The van der Waals surface area contributed by atoms with Crippen molar-refractivity contribution in [2.75, 3.05) is 0 Å². The van der Waals surface area contributed by atoms with E-state index in [-0.39, 0.29) is 17.4 Å². The number of nitrogens with one attached hydrogen (secondary N) is 1. The van der Waals surface area contributed by atoms with Gasteiger partial charge in [-0.05, 0) is 24.5 Å². The number of amides is 1. The molecule has 0 saturated carbocycles. The van der Waals surface area contributed by atoms with Crippen LogP contribution in [0.4, 0.5) is 0 Å². The number of hydrogen-bond acceptors (Lipinski definition) is 2. The molecule has 3 nitrogen and oxygen atoms in total. The predicted molar refractivity (Wildman–Crippen MR) is 68.8 cm³/mol. The van der Waals surface area contributed by atoms with Crippen molar-refractivity contribution in [3.05, 3.63) is 35.9 Å². The van der Waals surface area contributed by atoms with Gasteiger partial charge in [0.15, 0.2) is 0 Å². The molecule has 0 heterocycles. The number of hydrogen-bond donors (Lipinski definition) is 2. The molecular weight excluding hydrogens is 214 g/mol. The molecule has 17 heavy (non-hydrogen) atoms. The first-order valence-corrected chi connectivity index (χ1v) is 5.86. The third-order valence-corrected chi connectivity index (χ3v) is 2.74. The molecule has 3 heteroatoms. The third kappa shape index (κ3) is 3.86. The minimum atomic E-state index is -0.581. The highest BCUT2D eigenvalue weighted by Gasteiger charge is 2.30. The molecule has 0 spiro atoms. The lowest BCUT2D eigenvalue weighted by Gasteiger charge is -2.33. The molecule has 1 aromatic rings. The molecule has 0 saturated heterocycles. The lowest BCUT2D eigenvalue weighted by atomic mass is 9.83. The molecule has 1 aromatic carbocycles. The van der Waals surface area contributed by atoms with Crippen molar-refractivity contribution in [3.63, 3.8) is 0 Å². The molecule has 0 bridgehead atoms. The molecule has 0 aliphatic rings. The summed E-state index contributed by atoms with van der Waals surface area (Å²) in [6.45, 7) is 7.68. The van der Waals surface area contributed by atoms with E-state index < -0.39 is 6.10 Å². The van der Waals surface area contributed by atoms with Crippen molar-refractivity contribution in [1.29, 1.82) is 0 Å². The Kier molecular flexibility index (Phi) is 4.29. The summed E-state index contributed by atoms with van der Waals surface area (Å²) in [5, 5.41) is 12.6. The van der Waals surface area contributed by atoms with Gasteiger partial charge in [-0.2, -0.15) is 0 Å². The van der Waals surface area contributed by atoms with Gasteiger partial charge in [0.1, 0.15) is 0 Å². The van der Waals surface area contributed by atoms with Crippen molar-refractivity contribution in [1.82, 2.24) is 5.32 Å². The monoisotopic (exact) mass is 235 g/mol. The van der Waals surface area contributed by atoms with Gasteiger partial charge in [0.05, 0.1) is 12.1 Å². The highest BCUT2D eigenvalue weighted by molar-refractivity contribution is 5.94. The largest absolute Gasteiger partial charge is 0.391 e. The Morgan fingerprint density at radius 2 is 1.76 bits per heavy atom. The van der Waals surface area contributed by atoms with Crippen LogP contribution in [0.1, 0.15) is 38.1 Å². The average Bonchev–Trinajstić information content (AvgIpc) is 2.24. The number of benzene rings is 1. The molecule has 2 N–H and O–H groups in total. The highest BCUT2D eigenvalue weighted by Crippen LogP contribution is 2.22. The number of aliphatic hydroxyl groups is 1.